The first kappa shape index (κ1) is 16.4. The van der Waals surface area contributed by atoms with Gasteiger partial charge in [0.15, 0.2) is 17.7 Å². The smallest absolute Gasteiger partial charge is 0.331 e. The molecule has 0 bridgehead atoms. The SMILES string of the molecule is CCCCC(N=[N+]=[N-])OC(=O)C=Cc1ccc(O)c(O)c1. The van der Waals surface area contributed by atoms with E-state index in [0.717, 1.165) is 18.9 Å². The monoisotopic (exact) mass is 291 g/mol. The summed E-state index contributed by atoms with van der Waals surface area (Å²) < 4.78 is 5.01. The molecule has 0 heterocycles. The summed E-state index contributed by atoms with van der Waals surface area (Å²) in [6.07, 6.45) is 3.93. The normalized spacial score (nSPS) is 11.9. The molecule has 1 atom stereocenters. The van der Waals surface area contributed by atoms with E-state index in [0.29, 0.717) is 12.0 Å². The predicted octanol–water partition coefficient (Wildman–Crippen LogP) is 3.48. The largest absolute Gasteiger partial charge is 0.504 e. The number of hydrogen-bond donors (Lipinski definition) is 2. The molecule has 1 rings (SSSR count). The number of rotatable bonds is 7. The van der Waals surface area contributed by atoms with E-state index in [2.05, 4.69) is 10.0 Å². The molecular weight excluding hydrogens is 274 g/mol. The molecule has 0 aliphatic rings. The van der Waals surface area contributed by atoms with Crippen molar-refractivity contribution in [3.8, 4) is 11.5 Å². The average molecular weight is 291 g/mol. The van der Waals surface area contributed by atoms with Crippen LogP contribution < -0.4 is 0 Å². The summed E-state index contributed by atoms with van der Waals surface area (Å²) in [5.41, 5.74) is 8.94. The average Bonchev–Trinajstić information content (AvgIpc) is 2.46. The fraction of sp³-hybridized carbons (Fsp3) is 0.357. The Balaban J connectivity index is 2.63. The molecule has 0 amide bonds. The molecule has 1 unspecified atom stereocenters. The third kappa shape index (κ3) is 5.88. The molecule has 0 saturated carbocycles. The number of phenols is 2. The van der Waals surface area contributed by atoms with Crippen molar-refractivity contribution < 1.29 is 19.7 Å². The lowest BCUT2D eigenvalue weighted by molar-refractivity contribution is -0.142. The number of unbranched alkanes of at least 4 members (excludes halogenated alkanes) is 1. The van der Waals surface area contributed by atoms with E-state index in [-0.39, 0.29) is 11.5 Å². The van der Waals surface area contributed by atoms with Crippen molar-refractivity contribution in [2.45, 2.75) is 32.4 Å². The van der Waals surface area contributed by atoms with Gasteiger partial charge in [-0.15, -0.1) is 0 Å². The van der Waals surface area contributed by atoms with Crippen molar-refractivity contribution in [2.75, 3.05) is 0 Å². The highest BCUT2D eigenvalue weighted by molar-refractivity contribution is 5.87. The zero-order chi connectivity index (χ0) is 15.7. The number of carbonyl (C=O) groups excluding carboxylic acids is 1. The molecule has 1 aromatic rings. The van der Waals surface area contributed by atoms with Crippen molar-refractivity contribution in [1.29, 1.82) is 0 Å². The predicted molar refractivity (Wildman–Crippen MR) is 77.4 cm³/mol. The fourth-order valence-corrected chi connectivity index (χ4v) is 1.56. The van der Waals surface area contributed by atoms with Gasteiger partial charge in [0.25, 0.3) is 0 Å². The van der Waals surface area contributed by atoms with E-state index >= 15 is 0 Å². The summed E-state index contributed by atoms with van der Waals surface area (Å²) in [5.74, 6) is -1.16. The van der Waals surface area contributed by atoms with Gasteiger partial charge >= 0.3 is 5.97 Å². The minimum Gasteiger partial charge on any atom is -0.504 e. The van der Waals surface area contributed by atoms with Crippen LogP contribution in [0, 0.1) is 0 Å². The van der Waals surface area contributed by atoms with Crippen LogP contribution in [0.2, 0.25) is 0 Å². The lowest BCUT2D eigenvalue weighted by Gasteiger charge is -2.10. The van der Waals surface area contributed by atoms with Gasteiger partial charge in [0, 0.05) is 11.0 Å². The molecule has 2 N–H and O–H groups in total. The van der Waals surface area contributed by atoms with Gasteiger partial charge in [0.2, 0.25) is 0 Å². The molecule has 7 nitrogen and oxygen atoms in total. The van der Waals surface area contributed by atoms with Gasteiger partial charge in [-0.25, -0.2) is 4.79 Å². The zero-order valence-corrected chi connectivity index (χ0v) is 11.6. The quantitative estimate of drug-likeness (QED) is 0.200. The Morgan fingerprint density at radius 2 is 2.24 bits per heavy atom. The van der Waals surface area contributed by atoms with E-state index in [1.165, 1.54) is 24.3 Å². The van der Waals surface area contributed by atoms with Gasteiger partial charge in [-0.2, -0.15) is 0 Å². The third-order valence-electron chi connectivity index (χ3n) is 2.65. The minimum atomic E-state index is -0.819. The molecule has 0 fully saturated rings. The first-order valence-corrected chi connectivity index (χ1v) is 6.51. The Morgan fingerprint density at radius 1 is 1.48 bits per heavy atom. The van der Waals surface area contributed by atoms with Crippen LogP contribution in [-0.2, 0) is 9.53 Å². The van der Waals surface area contributed by atoms with Gasteiger partial charge in [-0.3, -0.25) is 0 Å². The topological polar surface area (TPSA) is 116 Å². The molecular formula is C14H17N3O4. The van der Waals surface area contributed by atoms with Crippen molar-refractivity contribution in [3.63, 3.8) is 0 Å². The van der Waals surface area contributed by atoms with Gasteiger partial charge in [-0.05, 0) is 47.3 Å². The van der Waals surface area contributed by atoms with Gasteiger partial charge < -0.3 is 14.9 Å². The number of aromatic hydroxyl groups is 2. The highest BCUT2D eigenvalue weighted by Gasteiger charge is 2.10. The van der Waals surface area contributed by atoms with Crippen molar-refractivity contribution >= 4 is 12.0 Å². The van der Waals surface area contributed by atoms with Crippen LogP contribution in [0.15, 0.2) is 29.4 Å². The molecule has 0 radical (unpaired) electrons. The Kier molecular flexibility index (Phi) is 6.63. The number of phenolic OH excluding ortho intramolecular Hbond substituents is 2. The van der Waals surface area contributed by atoms with E-state index in [9.17, 15) is 9.90 Å². The van der Waals surface area contributed by atoms with E-state index in [1.807, 2.05) is 6.92 Å². The lowest BCUT2D eigenvalue weighted by Crippen LogP contribution is -2.13. The molecule has 0 saturated heterocycles. The number of azide groups is 1. The molecule has 21 heavy (non-hydrogen) atoms. The Hall–Kier alpha value is -2.66. The van der Waals surface area contributed by atoms with E-state index in [4.69, 9.17) is 15.4 Å². The molecule has 0 aromatic heterocycles. The van der Waals surface area contributed by atoms with Gasteiger partial charge in [0.1, 0.15) is 0 Å². The van der Waals surface area contributed by atoms with Crippen LogP contribution >= 0.6 is 0 Å². The first-order chi connectivity index (χ1) is 10.1. The summed E-state index contributed by atoms with van der Waals surface area (Å²) in [4.78, 5) is 14.3. The van der Waals surface area contributed by atoms with Crippen LogP contribution in [-0.4, -0.2) is 22.4 Å². The van der Waals surface area contributed by atoms with E-state index in [1.54, 1.807) is 0 Å². The van der Waals surface area contributed by atoms with Crippen LogP contribution in [0.25, 0.3) is 16.5 Å². The van der Waals surface area contributed by atoms with Crippen molar-refractivity contribution in [1.82, 2.24) is 0 Å². The number of benzene rings is 1. The maximum atomic E-state index is 11.6. The maximum Gasteiger partial charge on any atom is 0.331 e. The highest BCUT2D eigenvalue weighted by atomic mass is 16.6. The van der Waals surface area contributed by atoms with Crippen molar-refractivity contribution in [2.24, 2.45) is 5.11 Å². The van der Waals surface area contributed by atoms with Crippen LogP contribution in [0.5, 0.6) is 11.5 Å². The Bertz CT molecular complexity index is 565. The molecule has 0 spiro atoms. The number of esters is 1. The standard InChI is InChI=1S/C14H17N3O4/c1-2-3-4-13(16-17-15)21-14(20)8-6-10-5-7-11(18)12(19)9-10/h5-9,13,18-19H,2-4H2,1H3. The molecule has 7 heteroatoms. The van der Waals surface area contributed by atoms with Gasteiger partial charge in [-0.1, -0.05) is 19.4 Å². The van der Waals surface area contributed by atoms with Gasteiger partial charge in [0.05, 0.1) is 0 Å². The lowest BCUT2D eigenvalue weighted by atomic mass is 10.2. The van der Waals surface area contributed by atoms with Crippen LogP contribution in [0.4, 0.5) is 0 Å². The highest BCUT2D eigenvalue weighted by Crippen LogP contribution is 2.25. The fourth-order valence-electron chi connectivity index (χ4n) is 1.56. The van der Waals surface area contributed by atoms with E-state index < -0.39 is 12.2 Å². The second kappa shape index (κ2) is 8.50. The number of nitrogens with zero attached hydrogens (tertiary/aromatic N) is 3. The Morgan fingerprint density at radius 3 is 2.86 bits per heavy atom. The zero-order valence-electron chi connectivity index (χ0n) is 11.6. The molecule has 112 valence electrons. The number of ether oxygens (including phenoxy) is 1. The first-order valence-electron chi connectivity index (χ1n) is 6.51. The Labute approximate surface area is 122 Å². The van der Waals surface area contributed by atoms with Crippen molar-refractivity contribution in [3.05, 3.63) is 40.3 Å². The van der Waals surface area contributed by atoms with Crippen LogP contribution in [0.1, 0.15) is 31.7 Å². The third-order valence-corrected chi connectivity index (χ3v) is 2.65. The van der Waals surface area contributed by atoms with Crippen LogP contribution in [0.3, 0.4) is 0 Å². The molecule has 0 aliphatic carbocycles. The number of carbonyl (C=O) groups is 1. The summed E-state index contributed by atoms with van der Waals surface area (Å²) in [6, 6.07) is 4.15. The summed E-state index contributed by atoms with van der Waals surface area (Å²) in [6.45, 7) is 1.98. The molecule has 0 aliphatic heterocycles. The molecule has 1 aromatic carbocycles. The summed E-state index contributed by atoms with van der Waals surface area (Å²) in [7, 11) is 0. The summed E-state index contributed by atoms with van der Waals surface area (Å²) >= 11 is 0. The number of hydrogen-bond acceptors (Lipinski definition) is 5. The second-order valence-corrected chi connectivity index (χ2v) is 4.32. The minimum absolute atomic E-state index is 0.238. The maximum absolute atomic E-state index is 11.6. The second-order valence-electron chi connectivity index (χ2n) is 4.32. The summed E-state index contributed by atoms with van der Waals surface area (Å²) in [5, 5.41) is 21.9.